The van der Waals surface area contributed by atoms with Gasteiger partial charge in [0, 0.05) is 19.1 Å². The lowest BCUT2D eigenvalue weighted by atomic mass is 9.90. The van der Waals surface area contributed by atoms with Crippen LogP contribution in [0.2, 0.25) is 0 Å². The average molecular weight is 373 g/mol. The summed E-state index contributed by atoms with van der Waals surface area (Å²) in [6.07, 6.45) is 5.12. The Morgan fingerprint density at radius 1 is 0.962 bits per heavy atom. The van der Waals surface area contributed by atoms with Crippen LogP contribution in [0.1, 0.15) is 31.2 Å². The monoisotopic (exact) mass is 372 g/mol. The zero-order chi connectivity index (χ0) is 18.4. The number of hydrogen-bond donors (Lipinski definition) is 1. The zero-order valence-electron chi connectivity index (χ0n) is 15.3. The highest BCUT2D eigenvalue weighted by molar-refractivity contribution is 7.89. The van der Waals surface area contributed by atoms with Crippen molar-refractivity contribution in [2.75, 3.05) is 13.6 Å². The predicted octanol–water partition coefficient (Wildman–Crippen LogP) is 3.45. The maximum Gasteiger partial charge on any atom is 0.243 e. The third kappa shape index (κ3) is 4.53. The van der Waals surface area contributed by atoms with E-state index in [0.717, 1.165) is 38.6 Å². The fraction of sp³-hybridized carbons (Fsp3) is 0.429. The lowest BCUT2D eigenvalue weighted by Gasteiger charge is -2.37. The van der Waals surface area contributed by atoms with E-state index in [0.29, 0.717) is 4.90 Å². The van der Waals surface area contributed by atoms with Crippen LogP contribution in [-0.2, 0) is 16.4 Å². The fourth-order valence-electron chi connectivity index (χ4n) is 3.77. The molecule has 0 saturated heterocycles. The summed E-state index contributed by atoms with van der Waals surface area (Å²) in [7, 11) is -1.73. The second kappa shape index (κ2) is 8.80. The minimum atomic E-state index is -3.46. The van der Waals surface area contributed by atoms with Crippen LogP contribution in [0.5, 0.6) is 0 Å². The first kappa shape index (κ1) is 19.1. The minimum absolute atomic E-state index is 0.00438. The summed E-state index contributed by atoms with van der Waals surface area (Å²) in [5.41, 5.74) is 1.30. The Morgan fingerprint density at radius 3 is 2.27 bits per heavy atom. The Labute approximate surface area is 157 Å². The van der Waals surface area contributed by atoms with Gasteiger partial charge in [-0.05, 0) is 43.5 Å². The van der Waals surface area contributed by atoms with Gasteiger partial charge in [0.2, 0.25) is 10.0 Å². The van der Waals surface area contributed by atoms with Crippen molar-refractivity contribution in [1.29, 1.82) is 0 Å². The highest BCUT2D eigenvalue weighted by Crippen LogP contribution is 2.27. The van der Waals surface area contributed by atoms with Crippen LogP contribution in [0.3, 0.4) is 0 Å². The molecule has 0 aromatic heterocycles. The third-order valence-corrected chi connectivity index (χ3v) is 7.18. The largest absolute Gasteiger partial charge is 0.312 e. The number of rotatable bonds is 7. The predicted molar refractivity (Wildman–Crippen MR) is 106 cm³/mol. The molecule has 3 rings (SSSR count). The van der Waals surface area contributed by atoms with Crippen molar-refractivity contribution in [3.8, 4) is 0 Å². The minimum Gasteiger partial charge on any atom is -0.312 e. The van der Waals surface area contributed by atoms with E-state index >= 15 is 0 Å². The van der Waals surface area contributed by atoms with Gasteiger partial charge in [-0.3, -0.25) is 0 Å². The van der Waals surface area contributed by atoms with E-state index in [4.69, 9.17) is 0 Å². The first-order chi connectivity index (χ1) is 12.6. The molecule has 1 aliphatic rings. The molecule has 0 spiro atoms. The first-order valence-corrected chi connectivity index (χ1v) is 10.8. The molecular weight excluding hydrogens is 344 g/mol. The molecule has 0 heterocycles. The Hall–Kier alpha value is -1.69. The number of nitrogens with one attached hydrogen (secondary N) is 1. The van der Waals surface area contributed by atoms with Crippen molar-refractivity contribution in [2.45, 2.75) is 49.1 Å². The molecule has 1 N–H and O–H groups in total. The summed E-state index contributed by atoms with van der Waals surface area (Å²) in [5.74, 6) is 0. The fourth-order valence-corrected chi connectivity index (χ4v) is 5.21. The third-order valence-electron chi connectivity index (χ3n) is 5.28. The van der Waals surface area contributed by atoms with Crippen LogP contribution < -0.4 is 5.32 Å². The van der Waals surface area contributed by atoms with Crippen LogP contribution >= 0.6 is 0 Å². The first-order valence-electron chi connectivity index (χ1n) is 9.39. The normalized spacial score (nSPS) is 21.0. The van der Waals surface area contributed by atoms with Gasteiger partial charge in [0.25, 0.3) is 0 Å². The summed E-state index contributed by atoms with van der Waals surface area (Å²) < 4.78 is 27.5. The molecule has 2 aromatic carbocycles. The standard InChI is InChI=1S/C21H28N2O2S/c1-23(26(24,25)19-12-6-3-7-13-19)21-15-9-8-14-20(21)22-17-16-18-10-4-2-5-11-18/h2-7,10-13,20-22H,8-9,14-17H2,1H3/t20-,21-/m0/s1. The molecule has 0 amide bonds. The molecule has 1 fully saturated rings. The number of sulfonamides is 1. The molecule has 0 unspecified atom stereocenters. The van der Waals surface area contributed by atoms with E-state index in [2.05, 4.69) is 29.6 Å². The van der Waals surface area contributed by atoms with Crippen molar-refractivity contribution in [3.05, 3.63) is 66.2 Å². The summed E-state index contributed by atoms with van der Waals surface area (Å²) in [6.45, 7) is 0.865. The Bertz CT molecular complexity index is 778. The van der Waals surface area contributed by atoms with Gasteiger partial charge in [-0.25, -0.2) is 8.42 Å². The molecule has 26 heavy (non-hydrogen) atoms. The summed E-state index contributed by atoms with van der Waals surface area (Å²) in [4.78, 5) is 0.371. The van der Waals surface area contributed by atoms with Crippen LogP contribution in [0.25, 0.3) is 0 Å². The van der Waals surface area contributed by atoms with E-state index in [1.54, 1.807) is 35.6 Å². The summed E-state index contributed by atoms with van der Waals surface area (Å²) >= 11 is 0. The number of benzene rings is 2. The molecule has 0 aliphatic heterocycles. The molecule has 140 valence electrons. The van der Waals surface area contributed by atoms with Gasteiger partial charge < -0.3 is 5.32 Å². The highest BCUT2D eigenvalue weighted by atomic mass is 32.2. The van der Waals surface area contributed by atoms with Gasteiger partial charge in [0.05, 0.1) is 4.90 Å². The van der Waals surface area contributed by atoms with Crippen molar-refractivity contribution >= 4 is 10.0 Å². The lowest BCUT2D eigenvalue weighted by molar-refractivity contribution is 0.222. The van der Waals surface area contributed by atoms with Crippen LogP contribution in [0.15, 0.2) is 65.6 Å². The second-order valence-electron chi connectivity index (χ2n) is 6.98. The van der Waals surface area contributed by atoms with Gasteiger partial charge in [0.1, 0.15) is 0 Å². The molecule has 5 heteroatoms. The smallest absolute Gasteiger partial charge is 0.243 e. The molecule has 1 aliphatic carbocycles. The topological polar surface area (TPSA) is 49.4 Å². The molecule has 0 radical (unpaired) electrons. The van der Waals surface area contributed by atoms with E-state index in [-0.39, 0.29) is 12.1 Å². The van der Waals surface area contributed by atoms with Crippen LogP contribution in [-0.4, -0.2) is 38.4 Å². The van der Waals surface area contributed by atoms with Crippen molar-refractivity contribution in [3.63, 3.8) is 0 Å². The zero-order valence-corrected chi connectivity index (χ0v) is 16.2. The van der Waals surface area contributed by atoms with Crippen molar-refractivity contribution in [2.24, 2.45) is 0 Å². The number of likely N-dealkylation sites (N-methyl/N-ethyl adjacent to an activating group) is 1. The number of nitrogens with zero attached hydrogens (tertiary/aromatic N) is 1. The Balaban J connectivity index is 1.66. The summed E-state index contributed by atoms with van der Waals surface area (Å²) in [5, 5.41) is 3.62. The van der Waals surface area contributed by atoms with Crippen molar-refractivity contribution in [1.82, 2.24) is 9.62 Å². The molecular formula is C21H28N2O2S. The maximum atomic E-state index is 13.0. The average Bonchev–Trinajstić information content (AvgIpc) is 2.69. The van der Waals surface area contributed by atoms with Gasteiger partial charge in [-0.15, -0.1) is 0 Å². The lowest BCUT2D eigenvalue weighted by Crippen LogP contribution is -2.52. The molecule has 2 atom stereocenters. The highest BCUT2D eigenvalue weighted by Gasteiger charge is 2.34. The second-order valence-corrected chi connectivity index (χ2v) is 8.98. The van der Waals surface area contributed by atoms with E-state index in [9.17, 15) is 8.42 Å². The van der Waals surface area contributed by atoms with Gasteiger partial charge in [0.15, 0.2) is 0 Å². The van der Waals surface area contributed by atoms with Crippen LogP contribution in [0, 0.1) is 0 Å². The van der Waals surface area contributed by atoms with Crippen LogP contribution in [0.4, 0.5) is 0 Å². The number of hydrogen-bond acceptors (Lipinski definition) is 3. The SMILES string of the molecule is CN([C@H]1CCCC[C@@H]1NCCc1ccccc1)S(=O)(=O)c1ccccc1. The van der Waals surface area contributed by atoms with Gasteiger partial charge in [-0.2, -0.15) is 4.31 Å². The summed E-state index contributed by atoms with van der Waals surface area (Å²) in [6, 6.07) is 19.3. The maximum absolute atomic E-state index is 13.0. The van der Waals surface area contributed by atoms with Gasteiger partial charge in [-0.1, -0.05) is 61.4 Å². The van der Waals surface area contributed by atoms with E-state index in [1.165, 1.54) is 5.56 Å². The Kier molecular flexibility index (Phi) is 6.46. The Morgan fingerprint density at radius 2 is 1.58 bits per heavy atom. The molecule has 1 saturated carbocycles. The van der Waals surface area contributed by atoms with E-state index < -0.39 is 10.0 Å². The molecule has 2 aromatic rings. The van der Waals surface area contributed by atoms with E-state index in [1.807, 2.05) is 12.1 Å². The van der Waals surface area contributed by atoms with Gasteiger partial charge >= 0.3 is 0 Å². The van der Waals surface area contributed by atoms with Crippen molar-refractivity contribution < 1.29 is 8.42 Å². The molecule has 4 nitrogen and oxygen atoms in total. The quantitative estimate of drug-likeness (QED) is 0.810. The molecule has 0 bridgehead atoms.